The molecule has 2 fully saturated rings. The molecule has 0 bridgehead atoms. The van der Waals surface area contributed by atoms with Gasteiger partial charge in [-0.05, 0) is 6.42 Å². The van der Waals surface area contributed by atoms with Crippen LogP contribution >= 0.6 is 0 Å². The number of amides is 5. The topological polar surface area (TPSA) is 122 Å². The van der Waals surface area contributed by atoms with Crippen molar-refractivity contribution in [2.75, 3.05) is 20.2 Å². The molecular weight excluding hydrogens is 292 g/mol. The van der Waals surface area contributed by atoms with Crippen LogP contribution in [0.3, 0.4) is 0 Å². The predicted octanol–water partition coefficient (Wildman–Crippen LogP) is -0.597. The van der Waals surface area contributed by atoms with E-state index in [1.807, 2.05) is 6.92 Å². The van der Waals surface area contributed by atoms with Gasteiger partial charge in [0.25, 0.3) is 5.91 Å². The average Bonchev–Trinajstić information content (AvgIpc) is 2.96. The number of rotatable bonds is 4. The molecule has 2 saturated heterocycles. The van der Waals surface area contributed by atoms with E-state index in [0.717, 1.165) is 11.3 Å². The zero-order chi connectivity index (χ0) is 16.5. The third-order valence-corrected chi connectivity index (χ3v) is 4.22. The molecule has 3 N–H and O–H groups in total. The molecule has 0 aromatic heterocycles. The van der Waals surface area contributed by atoms with Gasteiger partial charge < -0.3 is 15.4 Å². The fraction of sp³-hybridized carbons (Fsp3) is 0.692. The van der Waals surface area contributed by atoms with Gasteiger partial charge in [0.1, 0.15) is 11.6 Å². The van der Waals surface area contributed by atoms with Gasteiger partial charge in [0.05, 0.1) is 13.2 Å². The molecule has 2 aliphatic rings. The second-order valence-electron chi connectivity index (χ2n) is 5.57. The molecule has 0 aliphatic carbocycles. The van der Waals surface area contributed by atoms with Crippen LogP contribution in [0.5, 0.6) is 0 Å². The van der Waals surface area contributed by atoms with E-state index in [0.29, 0.717) is 6.42 Å². The highest BCUT2D eigenvalue weighted by molar-refractivity contribution is 6.08. The fourth-order valence-electron chi connectivity index (χ4n) is 2.77. The highest BCUT2D eigenvalue weighted by Gasteiger charge is 2.60. The van der Waals surface area contributed by atoms with E-state index in [1.165, 1.54) is 11.9 Å². The number of likely N-dealkylation sites (N-methyl/N-ethyl adjacent to an activating group) is 1. The van der Waals surface area contributed by atoms with Crippen LogP contribution in [-0.2, 0) is 14.3 Å². The lowest BCUT2D eigenvalue weighted by Crippen LogP contribution is -2.50. The Kier molecular flexibility index (Phi) is 4.25. The van der Waals surface area contributed by atoms with Crippen LogP contribution in [0.15, 0.2) is 0 Å². The summed E-state index contributed by atoms with van der Waals surface area (Å²) in [5, 5.41) is 2.19. The molecule has 2 atom stereocenters. The highest BCUT2D eigenvalue weighted by atomic mass is 16.6. The van der Waals surface area contributed by atoms with E-state index in [-0.39, 0.29) is 19.6 Å². The summed E-state index contributed by atoms with van der Waals surface area (Å²) in [6.07, 6.45) is 0.829. The zero-order valence-corrected chi connectivity index (χ0v) is 12.6. The zero-order valence-electron chi connectivity index (χ0n) is 12.6. The second kappa shape index (κ2) is 5.82. The number of nitrogens with two attached hydrogens (primary N) is 1. The summed E-state index contributed by atoms with van der Waals surface area (Å²) >= 11 is 0. The molecular formula is C13H20N4O5. The van der Waals surface area contributed by atoms with Crippen molar-refractivity contribution in [3.63, 3.8) is 0 Å². The number of nitrogens with zero attached hydrogens (tertiary/aromatic N) is 2. The number of imide groups is 1. The summed E-state index contributed by atoms with van der Waals surface area (Å²) in [5.41, 5.74) is 4.07. The fourth-order valence-corrected chi connectivity index (χ4v) is 2.77. The third kappa shape index (κ3) is 2.46. The van der Waals surface area contributed by atoms with Crippen LogP contribution in [0.1, 0.15) is 26.2 Å². The molecule has 0 aromatic rings. The van der Waals surface area contributed by atoms with Crippen LogP contribution in [0.4, 0.5) is 9.59 Å². The number of likely N-dealkylation sites (tertiary alicyclic amines) is 1. The molecule has 2 rings (SSSR count). The van der Waals surface area contributed by atoms with Gasteiger partial charge in [-0.15, -0.1) is 0 Å². The Bertz CT molecular complexity index is 523. The first-order valence-corrected chi connectivity index (χ1v) is 7.15. The van der Waals surface area contributed by atoms with Crippen LogP contribution in [0.25, 0.3) is 0 Å². The Labute approximate surface area is 127 Å². The van der Waals surface area contributed by atoms with E-state index < -0.39 is 35.5 Å². The number of carbonyl (C=O) groups excluding carboxylic acids is 4. The maximum Gasteiger partial charge on any atom is 0.410 e. The Morgan fingerprint density at radius 1 is 1.45 bits per heavy atom. The maximum absolute atomic E-state index is 12.1. The average molecular weight is 312 g/mol. The first-order valence-electron chi connectivity index (χ1n) is 7.15. The molecule has 9 heteroatoms. The van der Waals surface area contributed by atoms with Gasteiger partial charge in [-0.3, -0.25) is 19.8 Å². The number of hydrogen-bond donors (Lipinski definition) is 2. The summed E-state index contributed by atoms with van der Waals surface area (Å²) in [4.78, 5) is 49.9. The minimum absolute atomic E-state index is 0.0285. The highest BCUT2D eigenvalue weighted by Crippen LogP contribution is 2.35. The lowest BCUT2D eigenvalue weighted by Gasteiger charge is -2.27. The standard InChI is InChI=1S/C13H20N4O5/c1-3-4-5-22-12(21)17-7-13(6-8(17)9(14)18)10(19)15-11(20)16(13)2/h8H,3-7H2,1-2H3,(H2,14,18)(H,15,19,20)/t8-,13?/m0/s1. The molecule has 0 aromatic carbocycles. The molecule has 1 spiro atoms. The van der Waals surface area contributed by atoms with Gasteiger partial charge in [0.15, 0.2) is 0 Å². The largest absolute Gasteiger partial charge is 0.449 e. The molecule has 2 aliphatic heterocycles. The normalized spacial score (nSPS) is 27.5. The number of unbranched alkanes of at least 4 members (excludes halogenated alkanes) is 1. The van der Waals surface area contributed by atoms with Crippen LogP contribution < -0.4 is 11.1 Å². The van der Waals surface area contributed by atoms with Crippen LogP contribution in [0, 0.1) is 0 Å². The van der Waals surface area contributed by atoms with Crippen molar-refractivity contribution in [3.8, 4) is 0 Å². The Hall–Kier alpha value is -2.32. The SMILES string of the molecule is CCCCOC(=O)N1CC2(C[C@H]1C(N)=O)C(=O)NC(=O)N2C. The molecule has 2 heterocycles. The molecule has 0 radical (unpaired) electrons. The summed E-state index contributed by atoms with van der Waals surface area (Å²) in [7, 11) is 1.45. The lowest BCUT2D eigenvalue weighted by atomic mass is 9.94. The maximum atomic E-state index is 12.1. The minimum Gasteiger partial charge on any atom is -0.449 e. The van der Waals surface area contributed by atoms with Crippen molar-refractivity contribution in [2.45, 2.75) is 37.8 Å². The first kappa shape index (κ1) is 16.1. The van der Waals surface area contributed by atoms with Gasteiger partial charge in [0, 0.05) is 13.5 Å². The molecule has 22 heavy (non-hydrogen) atoms. The predicted molar refractivity (Wildman–Crippen MR) is 74.6 cm³/mol. The Morgan fingerprint density at radius 3 is 2.64 bits per heavy atom. The number of carbonyl (C=O) groups is 4. The molecule has 5 amide bonds. The molecule has 122 valence electrons. The summed E-state index contributed by atoms with van der Waals surface area (Å²) in [6.45, 7) is 2.07. The summed E-state index contributed by atoms with van der Waals surface area (Å²) in [6, 6.07) is -1.54. The van der Waals surface area contributed by atoms with Gasteiger partial charge in [0.2, 0.25) is 5.91 Å². The van der Waals surface area contributed by atoms with Gasteiger partial charge in [-0.2, -0.15) is 0 Å². The number of urea groups is 1. The van der Waals surface area contributed by atoms with E-state index in [2.05, 4.69) is 5.32 Å². The quantitative estimate of drug-likeness (QED) is 0.530. The van der Waals surface area contributed by atoms with E-state index in [4.69, 9.17) is 10.5 Å². The summed E-state index contributed by atoms with van der Waals surface area (Å²) in [5.74, 6) is -1.26. The van der Waals surface area contributed by atoms with Crippen molar-refractivity contribution in [3.05, 3.63) is 0 Å². The molecule has 0 saturated carbocycles. The molecule has 1 unspecified atom stereocenters. The van der Waals surface area contributed by atoms with Crippen LogP contribution in [-0.4, -0.2) is 65.5 Å². The minimum atomic E-state index is -1.26. The van der Waals surface area contributed by atoms with Gasteiger partial charge >= 0.3 is 12.1 Å². The van der Waals surface area contributed by atoms with Crippen molar-refractivity contribution >= 4 is 23.9 Å². The Morgan fingerprint density at radius 2 is 2.14 bits per heavy atom. The van der Waals surface area contributed by atoms with Crippen molar-refractivity contribution in [1.29, 1.82) is 0 Å². The number of hydrogen-bond acceptors (Lipinski definition) is 5. The Balaban J connectivity index is 2.20. The number of nitrogens with one attached hydrogen (secondary N) is 1. The van der Waals surface area contributed by atoms with Gasteiger partial charge in [-0.25, -0.2) is 9.59 Å². The first-order chi connectivity index (χ1) is 10.3. The van der Waals surface area contributed by atoms with E-state index in [9.17, 15) is 19.2 Å². The van der Waals surface area contributed by atoms with Crippen molar-refractivity contribution in [2.24, 2.45) is 5.73 Å². The molecule has 9 nitrogen and oxygen atoms in total. The van der Waals surface area contributed by atoms with Crippen molar-refractivity contribution < 1.29 is 23.9 Å². The van der Waals surface area contributed by atoms with Crippen LogP contribution in [0.2, 0.25) is 0 Å². The van der Waals surface area contributed by atoms with E-state index in [1.54, 1.807) is 0 Å². The monoisotopic (exact) mass is 312 g/mol. The lowest BCUT2D eigenvalue weighted by molar-refractivity contribution is -0.125. The smallest absolute Gasteiger partial charge is 0.410 e. The van der Waals surface area contributed by atoms with E-state index >= 15 is 0 Å². The van der Waals surface area contributed by atoms with Gasteiger partial charge in [-0.1, -0.05) is 13.3 Å². The number of ether oxygens (including phenoxy) is 1. The summed E-state index contributed by atoms with van der Waals surface area (Å²) < 4.78 is 5.09. The second-order valence-corrected chi connectivity index (χ2v) is 5.57. The third-order valence-electron chi connectivity index (χ3n) is 4.22. The number of primary amides is 1. The van der Waals surface area contributed by atoms with Crippen molar-refractivity contribution in [1.82, 2.24) is 15.1 Å².